The Labute approximate surface area is 128 Å². The molecule has 0 aliphatic rings. The highest BCUT2D eigenvalue weighted by Gasteiger charge is 2.08. The zero-order valence-corrected chi connectivity index (χ0v) is 12.4. The van der Waals surface area contributed by atoms with E-state index < -0.39 is 0 Å². The molecular weight excluding hydrogens is 284 g/mol. The van der Waals surface area contributed by atoms with Gasteiger partial charge in [0.05, 0.1) is 6.61 Å². The first-order valence-electron chi connectivity index (χ1n) is 6.61. The summed E-state index contributed by atoms with van der Waals surface area (Å²) < 4.78 is 0. The van der Waals surface area contributed by atoms with Crippen molar-refractivity contribution in [3.8, 4) is 11.1 Å². The molecule has 0 fully saturated rings. The van der Waals surface area contributed by atoms with E-state index in [9.17, 15) is 0 Å². The SMILES string of the molecule is N/C(=N\O)c1ccccc1-c1ccc(CSCCO)cc1. The lowest BCUT2D eigenvalue weighted by Crippen LogP contribution is -2.14. The summed E-state index contributed by atoms with van der Waals surface area (Å²) in [5.41, 5.74) is 9.59. The Balaban J connectivity index is 2.23. The lowest BCUT2D eigenvalue weighted by molar-refractivity contribution is 0.318. The van der Waals surface area contributed by atoms with Gasteiger partial charge in [-0.1, -0.05) is 53.7 Å². The van der Waals surface area contributed by atoms with Gasteiger partial charge < -0.3 is 16.0 Å². The Hall–Kier alpha value is -1.98. The molecule has 2 rings (SSSR count). The molecule has 2 aromatic carbocycles. The number of hydrogen-bond acceptors (Lipinski definition) is 4. The van der Waals surface area contributed by atoms with Crippen molar-refractivity contribution in [2.75, 3.05) is 12.4 Å². The van der Waals surface area contributed by atoms with E-state index in [1.54, 1.807) is 11.8 Å². The highest BCUT2D eigenvalue weighted by molar-refractivity contribution is 7.98. The molecule has 0 unspecified atom stereocenters. The first-order valence-corrected chi connectivity index (χ1v) is 7.76. The molecule has 0 aliphatic carbocycles. The van der Waals surface area contributed by atoms with Crippen LogP contribution in [0.4, 0.5) is 0 Å². The number of nitrogens with zero attached hydrogens (tertiary/aromatic N) is 1. The van der Waals surface area contributed by atoms with Crippen LogP contribution in [0.5, 0.6) is 0 Å². The summed E-state index contributed by atoms with van der Waals surface area (Å²) in [6, 6.07) is 15.7. The highest BCUT2D eigenvalue weighted by atomic mass is 32.2. The monoisotopic (exact) mass is 302 g/mol. The number of rotatable bonds is 6. The Morgan fingerprint density at radius 2 is 1.81 bits per heavy atom. The molecule has 0 aliphatic heterocycles. The summed E-state index contributed by atoms with van der Waals surface area (Å²) in [5, 5.41) is 20.7. The molecule has 0 atom stereocenters. The summed E-state index contributed by atoms with van der Waals surface area (Å²) in [4.78, 5) is 0. The summed E-state index contributed by atoms with van der Waals surface area (Å²) in [6.45, 7) is 0.204. The molecule has 0 spiro atoms. The van der Waals surface area contributed by atoms with Gasteiger partial charge in [0.1, 0.15) is 0 Å². The number of nitrogens with two attached hydrogens (primary N) is 1. The maximum atomic E-state index is 8.86. The molecule has 0 aromatic heterocycles. The molecule has 110 valence electrons. The smallest absolute Gasteiger partial charge is 0.170 e. The predicted molar refractivity (Wildman–Crippen MR) is 87.6 cm³/mol. The summed E-state index contributed by atoms with van der Waals surface area (Å²) in [5.74, 6) is 1.73. The average Bonchev–Trinajstić information content (AvgIpc) is 2.55. The van der Waals surface area contributed by atoms with Crippen LogP contribution in [-0.2, 0) is 5.75 Å². The van der Waals surface area contributed by atoms with Crippen molar-refractivity contribution in [2.24, 2.45) is 10.9 Å². The molecule has 2 aromatic rings. The fraction of sp³-hybridized carbons (Fsp3) is 0.188. The highest BCUT2D eigenvalue weighted by Crippen LogP contribution is 2.25. The number of aliphatic hydroxyl groups excluding tert-OH is 1. The molecular formula is C16H18N2O2S. The number of thioether (sulfide) groups is 1. The molecule has 0 amide bonds. The van der Waals surface area contributed by atoms with Gasteiger partial charge in [-0.3, -0.25) is 0 Å². The molecule has 0 heterocycles. The first kappa shape index (κ1) is 15.4. The molecule has 4 N–H and O–H groups in total. The van der Waals surface area contributed by atoms with Gasteiger partial charge in [-0.15, -0.1) is 0 Å². The van der Waals surface area contributed by atoms with E-state index in [4.69, 9.17) is 16.0 Å². The van der Waals surface area contributed by atoms with Gasteiger partial charge in [-0.25, -0.2) is 0 Å². The normalized spacial score (nSPS) is 11.6. The van der Waals surface area contributed by atoms with E-state index >= 15 is 0 Å². The van der Waals surface area contributed by atoms with Crippen LogP contribution in [0.1, 0.15) is 11.1 Å². The Kier molecular flexibility index (Phi) is 5.66. The molecule has 0 bridgehead atoms. The van der Waals surface area contributed by atoms with Crippen LogP contribution >= 0.6 is 11.8 Å². The van der Waals surface area contributed by atoms with E-state index in [0.29, 0.717) is 5.56 Å². The number of oxime groups is 1. The van der Waals surface area contributed by atoms with Crippen molar-refractivity contribution in [1.29, 1.82) is 0 Å². The minimum absolute atomic E-state index is 0.105. The lowest BCUT2D eigenvalue weighted by Gasteiger charge is -2.09. The molecule has 5 heteroatoms. The number of benzene rings is 2. The fourth-order valence-corrected chi connectivity index (χ4v) is 2.75. The quantitative estimate of drug-likeness (QED) is 0.252. The predicted octanol–water partition coefficient (Wildman–Crippen LogP) is 2.67. The third-order valence-corrected chi connectivity index (χ3v) is 4.09. The average molecular weight is 302 g/mol. The molecule has 0 radical (unpaired) electrons. The second-order valence-electron chi connectivity index (χ2n) is 4.50. The third-order valence-electron chi connectivity index (χ3n) is 3.08. The van der Waals surface area contributed by atoms with Crippen molar-refractivity contribution in [3.63, 3.8) is 0 Å². The minimum atomic E-state index is 0.105. The maximum absolute atomic E-state index is 8.86. The summed E-state index contributed by atoms with van der Waals surface area (Å²) >= 11 is 1.70. The third kappa shape index (κ3) is 4.00. The van der Waals surface area contributed by atoms with Gasteiger partial charge in [-0.2, -0.15) is 11.8 Å². The number of aliphatic hydroxyl groups is 1. The van der Waals surface area contributed by atoms with Gasteiger partial charge >= 0.3 is 0 Å². The molecule has 0 saturated heterocycles. The zero-order chi connectivity index (χ0) is 15.1. The zero-order valence-electron chi connectivity index (χ0n) is 11.6. The largest absolute Gasteiger partial charge is 0.409 e. The van der Waals surface area contributed by atoms with Crippen LogP contribution in [0.3, 0.4) is 0 Å². The van der Waals surface area contributed by atoms with Gasteiger partial charge in [0, 0.05) is 17.1 Å². The molecule has 21 heavy (non-hydrogen) atoms. The van der Waals surface area contributed by atoms with E-state index in [0.717, 1.165) is 22.6 Å². The topological polar surface area (TPSA) is 78.8 Å². The van der Waals surface area contributed by atoms with E-state index in [-0.39, 0.29) is 12.4 Å². The van der Waals surface area contributed by atoms with E-state index in [1.807, 2.05) is 36.4 Å². The van der Waals surface area contributed by atoms with Crippen molar-refractivity contribution >= 4 is 17.6 Å². The van der Waals surface area contributed by atoms with E-state index in [2.05, 4.69) is 17.3 Å². The van der Waals surface area contributed by atoms with Crippen LogP contribution in [0.25, 0.3) is 11.1 Å². The van der Waals surface area contributed by atoms with Gasteiger partial charge in [-0.05, 0) is 16.7 Å². The Morgan fingerprint density at radius 1 is 1.10 bits per heavy atom. The molecule has 4 nitrogen and oxygen atoms in total. The second-order valence-corrected chi connectivity index (χ2v) is 5.61. The summed E-state index contributed by atoms with van der Waals surface area (Å²) in [7, 11) is 0. The maximum Gasteiger partial charge on any atom is 0.170 e. The number of amidine groups is 1. The summed E-state index contributed by atoms with van der Waals surface area (Å²) in [6.07, 6.45) is 0. The first-order chi connectivity index (χ1) is 10.3. The van der Waals surface area contributed by atoms with Crippen molar-refractivity contribution < 1.29 is 10.3 Å². The second kappa shape index (κ2) is 7.71. The number of hydrogen-bond donors (Lipinski definition) is 3. The van der Waals surface area contributed by atoms with Crippen LogP contribution in [0, 0.1) is 0 Å². The molecule has 0 saturated carbocycles. The van der Waals surface area contributed by atoms with Crippen LogP contribution in [0.15, 0.2) is 53.7 Å². The van der Waals surface area contributed by atoms with E-state index in [1.165, 1.54) is 5.56 Å². The van der Waals surface area contributed by atoms with Crippen LogP contribution in [0.2, 0.25) is 0 Å². The Morgan fingerprint density at radius 3 is 2.48 bits per heavy atom. The van der Waals surface area contributed by atoms with Gasteiger partial charge in [0.25, 0.3) is 0 Å². The minimum Gasteiger partial charge on any atom is -0.409 e. The van der Waals surface area contributed by atoms with Crippen molar-refractivity contribution in [1.82, 2.24) is 0 Å². The Bertz CT molecular complexity index is 612. The van der Waals surface area contributed by atoms with Gasteiger partial charge in [0.15, 0.2) is 5.84 Å². The van der Waals surface area contributed by atoms with Crippen LogP contribution < -0.4 is 5.73 Å². The van der Waals surface area contributed by atoms with Crippen molar-refractivity contribution in [3.05, 3.63) is 59.7 Å². The van der Waals surface area contributed by atoms with Crippen molar-refractivity contribution in [2.45, 2.75) is 5.75 Å². The standard InChI is InChI=1S/C16H18N2O2S/c17-16(18-20)15-4-2-1-3-14(15)13-7-5-12(6-8-13)11-21-10-9-19/h1-8,19-20H,9-11H2,(H2,17,18). The van der Waals surface area contributed by atoms with Gasteiger partial charge in [0.2, 0.25) is 0 Å². The fourth-order valence-electron chi connectivity index (χ4n) is 2.05. The lowest BCUT2D eigenvalue weighted by atomic mass is 9.98. The van der Waals surface area contributed by atoms with Crippen LogP contribution in [-0.4, -0.2) is 28.5 Å².